The minimum absolute atomic E-state index is 0.118. The predicted molar refractivity (Wildman–Crippen MR) is 123 cm³/mol. The van der Waals surface area contributed by atoms with Crippen LogP contribution in [0.5, 0.6) is 5.75 Å². The van der Waals surface area contributed by atoms with E-state index in [1.54, 1.807) is 0 Å². The van der Waals surface area contributed by atoms with Gasteiger partial charge in [0.15, 0.2) is 0 Å². The second kappa shape index (κ2) is 13.7. The molecule has 0 radical (unpaired) electrons. The SMILES string of the molecule is CCCCCCCCCCCOC(=O)CCc1cc(CC)c(O)c(C(C)(C)C)c1. The zero-order chi connectivity index (χ0) is 21.7. The predicted octanol–water partition coefficient (Wildman–Crippen LogP) is 7.26. The summed E-state index contributed by atoms with van der Waals surface area (Å²) in [4.78, 5) is 12.1. The van der Waals surface area contributed by atoms with Gasteiger partial charge < -0.3 is 9.84 Å². The van der Waals surface area contributed by atoms with Crippen LogP contribution in [0.4, 0.5) is 0 Å². The van der Waals surface area contributed by atoms with E-state index >= 15 is 0 Å². The fraction of sp³-hybridized carbons (Fsp3) is 0.731. The number of carbonyl (C=O) groups excluding carboxylic acids is 1. The van der Waals surface area contributed by atoms with E-state index in [9.17, 15) is 9.90 Å². The van der Waals surface area contributed by atoms with E-state index in [1.807, 2.05) is 19.1 Å². The first-order chi connectivity index (χ1) is 13.8. The van der Waals surface area contributed by atoms with Gasteiger partial charge in [-0.15, -0.1) is 0 Å². The lowest BCUT2D eigenvalue weighted by Gasteiger charge is -2.23. The van der Waals surface area contributed by atoms with Crippen LogP contribution in [0.15, 0.2) is 12.1 Å². The minimum Gasteiger partial charge on any atom is -0.507 e. The van der Waals surface area contributed by atoms with E-state index in [0.717, 1.165) is 36.0 Å². The molecule has 1 aromatic carbocycles. The van der Waals surface area contributed by atoms with E-state index in [1.165, 1.54) is 44.9 Å². The van der Waals surface area contributed by atoms with Gasteiger partial charge in [-0.2, -0.15) is 0 Å². The number of unbranched alkanes of at least 4 members (excludes halogenated alkanes) is 8. The summed E-state index contributed by atoms with van der Waals surface area (Å²) in [6, 6.07) is 4.07. The van der Waals surface area contributed by atoms with Crippen molar-refractivity contribution in [2.75, 3.05) is 6.61 Å². The zero-order valence-corrected chi connectivity index (χ0v) is 19.6. The monoisotopic (exact) mass is 404 g/mol. The van der Waals surface area contributed by atoms with Crippen LogP contribution in [0, 0.1) is 0 Å². The van der Waals surface area contributed by atoms with Crippen molar-refractivity contribution in [3.8, 4) is 5.75 Å². The van der Waals surface area contributed by atoms with Crippen LogP contribution < -0.4 is 0 Å². The second-order valence-corrected chi connectivity index (χ2v) is 9.30. The summed E-state index contributed by atoms with van der Waals surface area (Å²) in [6.45, 7) is 11.1. The number of phenolic OH excluding ortho intramolecular Hbond substituents is 1. The van der Waals surface area contributed by atoms with E-state index in [2.05, 4.69) is 27.7 Å². The van der Waals surface area contributed by atoms with Gasteiger partial charge >= 0.3 is 5.97 Å². The molecule has 0 bridgehead atoms. The maximum atomic E-state index is 12.1. The molecule has 166 valence electrons. The quantitative estimate of drug-likeness (QED) is 0.262. The van der Waals surface area contributed by atoms with Crippen LogP contribution in [0.1, 0.15) is 116 Å². The fourth-order valence-electron chi connectivity index (χ4n) is 3.66. The lowest BCUT2D eigenvalue weighted by molar-refractivity contribution is -0.143. The van der Waals surface area contributed by atoms with Gasteiger partial charge in [-0.1, -0.05) is 98.1 Å². The molecule has 0 unspecified atom stereocenters. The first-order valence-corrected chi connectivity index (χ1v) is 11.8. The van der Waals surface area contributed by atoms with Crippen molar-refractivity contribution in [3.63, 3.8) is 0 Å². The van der Waals surface area contributed by atoms with Crippen molar-refractivity contribution in [2.24, 2.45) is 0 Å². The fourth-order valence-corrected chi connectivity index (χ4v) is 3.66. The number of phenols is 1. The second-order valence-electron chi connectivity index (χ2n) is 9.30. The number of benzene rings is 1. The highest BCUT2D eigenvalue weighted by atomic mass is 16.5. The molecular formula is C26H44O3. The Kier molecular flexibility index (Phi) is 12.0. The highest BCUT2D eigenvalue weighted by molar-refractivity contribution is 5.69. The molecule has 0 aliphatic carbocycles. The Morgan fingerprint density at radius 1 is 0.931 bits per heavy atom. The Morgan fingerprint density at radius 3 is 2.07 bits per heavy atom. The Balaban J connectivity index is 2.29. The minimum atomic E-state index is -0.124. The van der Waals surface area contributed by atoms with Crippen LogP contribution in [-0.4, -0.2) is 17.7 Å². The van der Waals surface area contributed by atoms with Crippen molar-refractivity contribution >= 4 is 5.97 Å². The van der Waals surface area contributed by atoms with Crippen molar-refractivity contribution < 1.29 is 14.6 Å². The number of hydrogen-bond donors (Lipinski definition) is 1. The summed E-state index contributed by atoms with van der Waals surface area (Å²) >= 11 is 0. The summed E-state index contributed by atoms with van der Waals surface area (Å²) in [6.07, 6.45) is 13.2. The zero-order valence-electron chi connectivity index (χ0n) is 19.6. The third-order valence-electron chi connectivity index (χ3n) is 5.57. The van der Waals surface area contributed by atoms with Crippen LogP contribution >= 0.6 is 0 Å². The van der Waals surface area contributed by atoms with E-state index in [0.29, 0.717) is 25.2 Å². The molecule has 0 atom stereocenters. The topological polar surface area (TPSA) is 46.5 Å². The highest BCUT2D eigenvalue weighted by Crippen LogP contribution is 2.35. The van der Waals surface area contributed by atoms with Crippen molar-refractivity contribution in [1.82, 2.24) is 0 Å². The van der Waals surface area contributed by atoms with Gasteiger partial charge in [0.1, 0.15) is 5.75 Å². The Morgan fingerprint density at radius 2 is 1.52 bits per heavy atom. The lowest BCUT2D eigenvalue weighted by atomic mass is 9.83. The summed E-state index contributed by atoms with van der Waals surface area (Å²) < 4.78 is 5.41. The largest absolute Gasteiger partial charge is 0.507 e. The molecule has 0 spiro atoms. The lowest BCUT2D eigenvalue weighted by Crippen LogP contribution is -2.13. The van der Waals surface area contributed by atoms with Gasteiger partial charge in [0.25, 0.3) is 0 Å². The third-order valence-corrected chi connectivity index (χ3v) is 5.57. The Labute approximate surface area is 179 Å². The number of esters is 1. The molecule has 0 aliphatic heterocycles. The van der Waals surface area contributed by atoms with Gasteiger partial charge in [-0.05, 0) is 41.4 Å². The van der Waals surface area contributed by atoms with Gasteiger partial charge in [0.05, 0.1) is 6.61 Å². The first kappa shape index (κ1) is 25.5. The molecule has 3 nitrogen and oxygen atoms in total. The van der Waals surface area contributed by atoms with Gasteiger partial charge in [-0.25, -0.2) is 0 Å². The number of rotatable bonds is 14. The molecule has 29 heavy (non-hydrogen) atoms. The van der Waals surface area contributed by atoms with E-state index in [4.69, 9.17) is 4.74 Å². The van der Waals surface area contributed by atoms with Crippen molar-refractivity contribution in [1.29, 1.82) is 0 Å². The molecule has 0 saturated carbocycles. The number of aromatic hydroxyl groups is 1. The molecule has 0 amide bonds. The van der Waals surface area contributed by atoms with E-state index < -0.39 is 0 Å². The maximum Gasteiger partial charge on any atom is 0.306 e. The molecule has 0 fully saturated rings. The number of aryl methyl sites for hydroxylation is 2. The molecule has 0 heterocycles. The highest BCUT2D eigenvalue weighted by Gasteiger charge is 2.21. The van der Waals surface area contributed by atoms with Crippen molar-refractivity contribution in [3.05, 3.63) is 28.8 Å². The summed E-state index contributed by atoms with van der Waals surface area (Å²) in [5, 5.41) is 10.5. The molecule has 1 rings (SSSR count). The average Bonchev–Trinajstić information content (AvgIpc) is 2.67. The Hall–Kier alpha value is -1.51. The molecule has 0 aliphatic rings. The van der Waals surface area contributed by atoms with Gasteiger partial charge in [0, 0.05) is 6.42 Å². The average molecular weight is 405 g/mol. The van der Waals surface area contributed by atoms with Gasteiger partial charge in [0.2, 0.25) is 0 Å². The van der Waals surface area contributed by atoms with Gasteiger partial charge in [-0.3, -0.25) is 4.79 Å². The number of hydrogen-bond acceptors (Lipinski definition) is 3. The molecule has 0 aromatic heterocycles. The van der Waals surface area contributed by atoms with Crippen molar-refractivity contribution in [2.45, 2.75) is 117 Å². The summed E-state index contributed by atoms with van der Waals surface area (Å²) in [5.41, 5.74) is 2.88. The third kappa shape index (κ3) is 10.2. The van der Waals surface area contributed by atoms with Crippen LogP contribution in [-0.2, 0) is 27.8 Å². The van der Waals surface area contributed by atoms with Crippen LogP contribution in [0.3, 0.4) is 0 Å². The molecule has 1 N–H and O–H groups in total. The van der Waals surface area contributed by atoms with E-state index in [-0.39, 0.29) is 11.4 Å². The maximum absolute atomic E-state index is 12.1. The molecule has 0 saturated heterocycles. The normalized spacial score (nSPS) is 11.6. The number of ether oxygens (including phenoxy) is 1. The standard InChI is InChI=1S/C26H44O3/c1-6-8-9-10-11-12-13-14-15-18-29-24(27)17-16-21-19-22(7-2)25(28)23(20-21)26(3,4)5/h19-20,28H,6-18H2,1-5H3. The number of carbonyl (C=O) groups is 1. The summed E-state index contributed by atoms with van der Waals surface area (Å²) in [7, 11) is 0. The molecule has 3 heteroatoms. The Bertz CT molecular complexity index is 599. The smallest absolute Gasteiger partial charge is 0.306 e. The van der Waals surface area contributed by atoms with Crippen LogP contribution in [0.2, 0.25) is 0 Å². The molecular weight excluding hydrogens is 360 g/mol. The summed E-state index contributed by atoms with van der Waals surface area (Å²) in [5.74, 6) is 0.282. The molecule has 1 aromatic rings. The van der Waals surface area contributed by atoms with Crippen LogP contribution in [0.25, 0.3) is 0 Å². The first-order valence-electron chi connectivity index (χ1n) is 11.8.